The number of methoxy groups -OCH3 is 1. The molecule has 0 atom stereocenters. The van der Waals surface area contributed by atoms with Crippen LogP contribution in [0.3, 0.4) is 0 Å². The number of aromatic nitrogens is 3. The van der Waals surface area contributed by atoms with Gasteiger partial charge >= 0.3 is 0 Å². The van der Waals surface area contributed by atoms with Gasteiger partial charge in [0.15, 0.2) is 15.8 Å². The number of nitrogens with zero attached hydrogens (tertiary/aromatic N) is 3. The van der Waals surface area contributed by atoms with Crippen molar-refractivity contribution in [3.8, 4) is 5.75 Å². The van der Waals surface area contributed by atoms with E-state index in [1.54, 1.807) is 6.07 Å². The fourth-order valence-corrected chi connectivity index (χ4v) is 6.04. The third kappa shape index (κ3) is 6.84. The summed E-state index contributed by atoms with van der Waals surface area (Å²) >= 11 is 18.5. The van der Waals surface area contributed by atoms with Gasteiger partial charge < -0.3 is 20.7 Å². The number of halogens is 1. The fourth-order valence-electron chi connectivity index (χ4n) is 4.17. The van der Waals surface area contributed by atoms with Crippen molar-refractivity contribution in [1.82, 2.24) is 15.0 Å². The highest BCUT2D eigenvalue weighted by atomic mass is 32.2. The number of ether oxygens (including phenoxy) is 1. The van der Waals surface area contributed by atoms with Gasteiger partial charge in [0, 0.05) is 33.7 Å². The Labute approximate surface area is 232 Å². The normalized spacial score (nSPS) is 14.4. The van der Waals surface area contributed by atoms with Crippen molar-refractivity contribution in [2.24, 2.45) is 5.92 Å². The maximum atomic E-state index is 14.2. The predicted molar refractivity (Wildman–Crippen MR) is 155 cm³/mol. The summed E-state index contributed by atoms with van der Waals surface area (Å²) in [7, 11) is 1.42. The maximum Gasteiger partial charge on any atom is 0.233 e. The quantitative estimate of drug-likeness (QED) is 0.119. The van der Waals surface area contributed by atoms with Crippen molar-refractivity contribution >= 4 is 74.0 Å². The van der Waals surface area contributed by atoms with Crippen LogP contribution in [0, 0.1) is 11.7 Å². The average molecular weight is 565 g/mol. The number of nitrogens with one attached hydrogen (secondary N) is 3. The van der Waals surface area contributed by atoms with Gasteiger partial charge in [0.1, 0.15) is 0 Å². The molecule has 1 aromatic heterocycles. The molecule has 0 spiro atoms. The van der Waals surface area contributed by atoms with Gasteiger partial charge in [-0.25, -0.2) is 4.39 Å². The van der Waals surface area contributed by atoms with Crippen LogP contribution in [-0.4, -0.2) is 28.6 Å². The van der Waals surface area contributed by atoms with E-state index in [2.05, 4.69) is 56.2 Å². The van der Waals surface area contributed by atoms with Crippen molar-refractivity contribution in [3.63, 3.8) is 0 Å². The zero-order valence-electron chi connectivity index (χ0n) is 19.7. The Kier molecular flexibility index (Phi) is 9.02. The van der Waals surface area contributed by atoms with Gasteiger partial charge in [-0.15, -0.1) is 50.5 Å². The minimum atomic E-state index is -1.19. The Morgan fingerprint density at radius 2 is 1.64 bits per heavy atom. The molecular formula is C24H29FN6OS4. The summed E-state index contributed by atoms with van der Waals surface area (Å²) in [4.78, 5) is 14.9. The molecule has 1 fully saturated rings. The van der Waals surface area contributed by atoms with E-state index in [-0.39, 0.29) is 17.6 Å². The zero-order valence-corrected chi connectivity index (χ0v) is 23.3. The van der Waals surface area contributed by atoms with Crippen LogP contribution in [0.4, 0.5) is 27.9 Å². The lowest BCUT2D eigenvalue weighted by molar-refractivity contribution is 0.373. The van der Waals surface area contributed by atoms with E-state index in [4.69, 9.17) is 30.0 Å². The van der Waals surface area contributed by atoms with Gasteiger partial charge in [-0.1, -0.05) is 25.3 Å². The van der Waals surface area contributed by atoms with Crippen LogP contribution in [0.15, 0.2) is 46.2 Å². The lowest BCUT2D eigenvalue weighted by atomic mass is 9.89. The Hall–Kier alpha value is -2.02. The Morgan fingerprint density at radius 1 is 0.972 bits per heavy atom. The van der Waals surface area contributed by atoms with Crippen molar-refractivity contribution in [2.75, 3.05) is 29.6 Å². The Balaban J connectivity index is 1.62. The highest BCUT2D eigenvalue weighted by Crippen LogP contribution is 2.40. The molecule has 192 valence electrons. The minimum Gasteiger partial charge on any atom is -0.494 e. The Bertz CT molecular complexity index is 1190. The van der Waals surface area contributed by atoms with E-state index in [9.17, 15) is 4.39 Å². The van der Waals surface area contributed by atoms with Crippen molar-refractivity contribution in [1.29, 1.82) is 0 Å². The second-order valence-electron chi connectivity index (χ2n) is 8.63. The lowest BCUT2D eigenvalue weighted by Crippen LogP contribution is -2.26. The zero-order chi connectivity index (χ0) is 25.7. The van der Waals surface area contributed by atoms with E-state index in [0.717, 1.165) is 6.54 Å². The minimum absolute atomic E-state index is 0.149. The van der Waals surface area contributed by atoms with Crippen molar-refractivity contribution < 1.29 is 9.13 Å². The summed E-state index contributed by atoms with van der Waals surface area (Å²) in [6, 6.07) is 10.0. The van der Waals surface area contributed by atoms with E-state index >= 15 is 0 Å². The summed E-state index contributed by atoms with van der Waals surface area (Å²) < 4.78 is 18.1. The molecule has 4 rings (SSSR count). The van der Waals surface area contributed by atoms with Crippen LogP contribution >= 0.6 is 50.5 Å². The van der Waals surface area contributed by atoms with Crippen LogP contribution in [0.2, 0.25) is 0 Å². The molecule has 0 bridgehead atoms. The second kappa shape index (κ2) is 12.0. The standard InChI is InChI=1S/C24H29FN6OS4/c1-32-17-11-10-15(12-16(17)25)27-22-28-21(26-13-14-6-3-2-4-7-14)29-23(30-22)31-24(35,36)20-18(33)8-5-9-19(20)34/h5,8-12,14,33-36H,2-4,6-7,13H2,1H3,(H3,26,27,28,29,30,31). The predicted octanol–water partition coefficient (Wildman–Crippen LogP) is 6.41. The van der Waals surface area contributed by atoms with Gasteiger partial charge in [-0.2, -0.15) is 15.0 Å². The van der Waals surface area contributed by atoms with Gasteiger partial charge in [-0.3, -0.25) is 0 Å². The first-order valence-electron chi connectivity index (χ1n) is 11.6. The molecule has 0 saturated heterocycles. The molecule has 7 nitrogen and oxygen atoms in total. The van der Waals surface area contributed by atoms with Crippen LogP contribution in [0.1, 0.15) is 37.7 Å². The number of benzene rings is 2. The number of hydrogen-bond acceptors (Lipinski definition) is 11. The monoisotopic (exact) mass is 564 g/mol. The van der Waals surface area contributed by atoms with E-state index in [1.165, 1.54) is 51.3 Å². The van der Waals surface area contributed by atoms with Gasteiger partial charge in [0.25, 0.3) is 0 Å². The van der Waals surface area contributed by atoms with E-state index in [0.29, 0.717) is 32.9 Å². The third-order valence-corrected chi connectivity index (χ3v) is 7.39. The lowest BCUT2D eigenvalue weighted by Gasteiger charge is -2.27. The fraction of sp³-hybridized carbons (Fsp3) is 0.375. The maximum absolute atomic E-state index is 14.2. The summed E-state index contributed by atoms with van der Waals surface area (Å²) in [5.41, 5.74) is 1.12. The highest BCUT2D eigenvalue weighted by molar-refractivity contribution is 8.00. The molecule has 0 amide bonds. The molecule has 3 aromatic rings. The number of anilines is 4. The first-order chi connectivity index (χ1) is 17.2. The van der Waals surface area contributed by atoms with E-state index < -0.39 is 10.0 Å². The molecule has 1 heterocycles. The molecule has 0 unspecified atom stereocenters. The number of rotatable bonds is 9. The first kappa shape index (κ1) is 27.0. The smallest absolute Gasteiger partial charge is 0.233 e. The molecule has 2 aromatic carbocycles. The van der Waals surface area contributed by atoms with Crippen LogP contribution in [0.25, 0.3) is 0 Å². The summed E-state index contributed by atoms with van der Waals surface area (Å²) in [6.45, 7) is 0.757. The largest absolute Gasteiger partial charge is 0.494 e. The van der Waals surface area contributed by atoms with Gasteiger partial charge in [-0.05, 0) is 43.0 Å². The van der Waals surface area contributed by atoms with Gasteiger partial charge in [0.05, 0.1) is 7.11 Å². The van der Waals surface area contributed by atoms with Crippen LogP contribution in [0.5, 0.6) is 5.75 Å². The number of thiol groups is 4. The molecule has 12 heteroatoms. The van der Waals surface area contributed by atoms with Crippen LogP contribution < -0.4 is 20.7 Å². The molecule has 0 aliphatic heterocycles. The molecule has 0 radical (unpaired) electrons. The molecule has 1 saturated carbocycles. The first-order valence-corrected chi connectivity index (χ1v) is 13.4. The van der Waals surface area contributed by atoms with E-state index in [1.807, 2.05) is 18.2 Å². The summed E-state index contributed by atoms with van der Waals surface area (Å²) in [5, 5.41) is 9.53. The SMILES string of the molecule is COc1ccc(Nc2nc(NCC3CCCCC3)nc(NC(S)(S)c3c(S)cccc3S)n2)cc1F. The number of hydrogen-bond donors (Lipinski definition) is 7. The molecule has 3 N–H and O–H groups in total. The third-order valence-electron chi connectivity index (χ3n) is 5.97. The highest BCUT2D eigenvalue weighted by Gasteiger charge is 2.29. The molecule has 1 aliphatic rings. The molecule has 36 heavy (non-hydrogen) atoms. The van der Waals surface area contributed by atoms with Crippen molar-refractivity contribution in [2.45, 2.75) is 46.1 Å². The molecular weight excluding hydrogens is 536 g/mol. The summed E-state index contributed by atoms with van der Waals surface area (Å²) in [6.07, 6.45) is 6.12. The Morgan fingerprint density at radius 3 is 2.31 bits per heavy atom. The molecule has 1 aliphatic carbocycles. The second-order valence-corrected chi connectivity index (χ2v) is 11.3. The van der Waals surface area contributed by atoms with Gasteiger partial charge in [0.2, 0.25) is 17.8 Å². The van der Waals surface area contributed by atoms with Crippen LogP contribution in [-0.2, 0) is 4.20 Å². The topological polar surface area (TPSA) is 84.0 Å². The summed E-state index contributed by atoms with van der Waals surface area (Å²) in [5.74, 6) is 1.05. The van der Waals surface area contributed by atoms with Crippen molar-refractivity contribution in [3.05, 3.63) is 47.8 Å². The average Bonchev–Trinajstić information content (AvgIpc) is 2.83.